The molecule has 0 saturated heterocycles. The molecule has 1 aliphatic rings. The number of hydrazone groups is 1. The first-order chi connectivity index (χ1) is 5.37. The summed E-state index contributed by atoms with van der Waals surface area (Å²) in [5.74, 6) is 0. The summed E-state index contributed by atoms with van der Waals surface area (Å²) in [5, 5.41) is 6.48. The fourth-order valence-corrected chi connectivity index (χ4v) is 1.27. The van der Waals surface area contributed by atoms with Crippen LogP contribution in [-0.2, 0) is 0 Å². The van der Waals surface area contributed by atoms with Crippen LogP contribution in [0.1, 0.15) is 34.6 Å². The molecule has 0 atom stereocenters. The molecule has 1 heterocycles. The predicted octanol–water partition coefficient (Wildman–Crippen LogP) is 2.63. The van der Waals surface area contributed by atoms with Gasteiger partial charge in [-0.15, -0.1) is 0 Å². The third-order valence-corrected chi connectivity index (χ3v) is 2.65. The molecule has 0 spiro atoms. The molecule has 2 heteroatoms. The smallest absolute Gasteiger partial charge is 0.0469 e. The van der Waals surface area contributed by atoms with Gasteiger partial charge >= 0.3 is 0 Å². The molecule has 0 amide bonds. The van der Waals surface area contributed by atoms with E-state index >= 15 is 0 Å². The molecule has 68 valence electrons. The summed E-state index contributed by atoms with van der Waals surface area (Å²) >= 11 is 0. The molecule has 0 aromatic rings. The lowest BCUT2D eigenvalue weighted by molar-refractivity contribution is 0.286. The number of allylic oxidation sites excluding steroid dienone is 1. The maximum Gasteiger partial charge on any atom is 0.0469 e. The average molecular weight is 166 g/mol. The minimum Gasteiger partial charge on any atom is -0.267 e. The van der Waals surface area contributed by atoms with Crippen molar-refractivity contribution in [2.24, 2.45) is 10.5 Å². The Morgan fingerprint density at radius 1 is 1.42 bits per heavy atom. The summed E-state index contributed by atoms with van der Waals surface area (Å²) in [6, 6.07) is 0.411. The Labute approximate surface area is 75.0 Å². The van der Waals surface area contributed by atoms with Gasteiger partial charge in [-0.25, -0.2) is 0 Å². The largest absolute Gasteiger partial charge is 0.267 e. The summed E-state index contributed by atoms with van der Waals surface area (Å²) < 4.78 is 0. The van der Waals surface area contributed by atoms with E-state index in [4.69, 9.17) is 0 Å². The highest BCUT2D eigenvalue weighted by atomic mass is 15.5. The fraction of sp³-hybridized carbons (Fsp3) is 0.700. The van der Waals surface area contributed by atoms with Crippen molar-refractivity contribution < 1.29 is 0 Å². The summed E-state index contributed by atoms with van der Waals surface area (Å²) in [6.45, 7) is 14.7. The Morgan fingerprint density at radius 3 is 2.08 bits per heavy atom. The van der Waals surface area contributed by atoms with Crippen molar-refractivity contribution in [1.29, 1.82) is 0 Å². The van der Waals surface area contributed by atoms with Gasteiger partial charge in [-0.1, -0.05) is 6.58 Å². The quantitative estimate of drug-likeness (QED) is 0.584. The maximum absolute atomic E-state index is 4.47. The van der Waals surface area contributed by atoms with Crippen LogP contribution < -0.4 is 0 Å². The fourth-order valence-electron chi connectivity index (χ4n) is 1.27. The first kappa shape index (κ1) is 9.30. The Morgan fingerprint density at radius 2 is 1.92 bits per heavy atom. The summed E-state index contributed by atoms with van der Waals surface area (Å²) in [4.78, 5) is 0. The van der Waals surface area contributed by atoms with Crippen molar-refractivity contribution in [3.63, 3.8) is 0 Å². The van der Waals surface area contributed by atoms with Crippen LogP contribution in [-0.4, -0.2) is 16.8 Å². The average Bonchev–Trinajstić information content (AvgIpc) is 2.13. The molecule has 0 aromatic heterocycles. The topological polar surface area (TPSA) is 15.6 Å². The van der Waals surface area contributed by atoms with Gasteiger partial charge in [0.05, 0.1) is 0 Å². The van der Waals surface area contributed by atoms with Crippen LogP contribution in [0, 0.1) is 5.41 Å². The van der Waals surface area contributed by atoms with E-state index in [2.05, 4.69) is 46.3 Å². The number of hydrogen-bond acceptors (Lipinski definition) is 2. The van der Waals surface area contributed by atoms with Gasteiger partial charge < -0.3 is 0 Å². The van der Waals surface area contributed by atoms with Gasteiger partial charge in [0.25, 0.3) is 0 Å². The van der Waals surface area contributed by atoms with Crippen molar-refractivity contribution in [2.45, 2.75) is 40.7 Å². The lowest BCUT2D eigenvalue weighted by atomic mass is 9.86. The molecule has 0 aliphatic carbocycles. The molecule has 0 aromatic carbocycles. The minimum atomic E-state index is 0.0459. The second-order valence-electron chi connectivity index (χ2n) is 4.20. The van der Waals surface area contributed by atoms with E-state index in [9.17, 15) is 0 Å². The van der Waals surface area contributed by atoms with Crippen molar-refractivity contribution in [1.82, 2.24) is 5.01 Å². The van der Waals surface area contributed by atoms with E-state index in [1.807, 2.05) is 5.01 Å². The SMILES string of the molecule is C=C1N(C(C)C)N=C(C)C1(C)C. The zero-order valence-corrected chi connectivity index (χ0v) is 8.68. The van der Waals surface area contributed by atoms with Crippen molar-refractivity contribution in [2.75, 3.05) is 0 Å². The van der Waals surface area contributed by atoms with Crippen molar-refractivity contribution in [3.05, 3.63) is 12.3 Å². The lowest BCUT2D eigenvalue weighted by Crippen LogP contribution is -2.27. The Balaban J connectivity index is 2.96. The van der Waals surface area contributed by atoms with Crippen molar-refractivity contribution in [3.8, 4) is 0 Å². The Bertz CT molecular complexity index is 236. The first-order valence-corrected chi connectivity index (χ1v) is 4.41. The van der Waals surface area contributed by atoms with Gasteiger partial charge in [-0.3, -0.25) is 5.01 Å². The Kier molecular flexibility index (Phi) is 2.02. The standard InChI is InChI=1S/C10H18N2/c1-7(2)12-9(4)10(5,6)8(3)11-12/h7H,4H2,1-3,5-6H3. The molecule has 0 N–H and O–H groups in total. The van der Waals surface area contributed by atoms with Crippen LogP contribution in [0.2, 0.25) is 0 Å². The summed E-state index contributed by atoms with van der Waals surface area (Å²) in [5.41, 5.74) is 2.31. The predicted molar refractivity (Wildman–Crippen MR) is 53.0 cm³/mol. The van der Waals surface area contributed by atoms with Crippen LogP contribution in [0.15, 0.2) is 17.4 Å². The molecule has 0 saturated carbocycles. The molecular formula is C10H18N2. The molecule has 2 nitrogen and oxygen atoms in total. The van der Waals surface area contributed by atoms with Crippen LogP contribution in [0.5, 0.6) is 0 Å². The molecular weight excluding hydrogens is 148 g/mol. The van der Waals surface area contributed by atoms with E-state index in [1.165, 1.54) is 0 Å². The highest BCUT2D eigenvalue weighted by Gasteiger charge is 2.36. The van der Waals surface area contributed by atoms with Crippen LogP contribution in [0.4, 0.5) is 0 Å². The van der Waals surface area contributed by atoms with Gasteiger partial charge in [0, 0.05) is 22.9 Å². The van der Waals surface area contributed by atoms with Gasteiger partial charge in [-0.05, 0) is 34.6 Å². The monoisotopic (exact) mass is 166 g/mol. The molecule has 1 rings (SSSR count). The highest BCUT2D eigenvalue weighted by Crippen LogP contribution is 2.36. The third kappa shape index (κ3) is 1.15. The zero-order chi connectivity index (χ0) is 9.52. The van der Waals surface area contributed by atoms with Crippen LogP contribution >= 0.6 is 0 Å². The van der Waals surface area contributed by atoms with Crippen LogP contribution in [0.25, 0.3) is 0 Å². The van der Waals surface area contributed by atoms with E-state index in [0.717, 1.165) is 11.4 Å². The summed E-state index contributed by atoms with van der Waals surface area (Å²) in [7, 11) is 0. The van der Waals surface area contributed by atoms with Gasteiger partial charge in [0.2, 0.25) is 0 Å². The van der Waals surface area contributed by atoms with E-state index in [1.54, 1.807) is 0 Å². The van der Waals surface area contributed by atoms with Crippen molar-refractivity contribution >= 4 is 5.71 Å². The Hall–Kier alpha value is -0.790. The molecule has 0 unspecified atom stereocenters. The minimum absolute atomic E-state index is 0.0459. The lowest BCUT2D eigenvalue weighted by Gasteiger charge is -2.26. The van der Waals surface area contributed by atoms with Gasteiger partial charge in [-0.2, -0.15) is 5.10 Å². The normalized spacial score (nSPS) is 22.0. The summed E-state index contributed by atoms with van der Waals surface area (Å²) in [6.07, 6.45) is 0. The number of nitrogens with zero attached hydrogens (tertiary/aromatic N) is 2. The highest BCUT2D eigenvalue weighted by molar-refractivity contribution is 5.91. The van der Waals surface area contributed by atoms with E-state index in [0.29, 0.717) is 6.04 Å². The molecule has 12 heavy (non-hydrogen) atoms. The molecule has 0 bridgehead atoms. The van der Waals surface area contributed by atoms with E-state index in [-0.39, 0.29) is 5.41 Å². The van der Waals surface area contributed by atoms with E-state index < -0.39 is 0 Å². The van der Waals surface area contributed by atoms with Crippen LogP contribution in [0.3, 0.4) is 0 Å². The number of rotatable bonds is 1. The second-order valence-corrected chi connectivity index (χ2v) is 4.20. The van der Waals surface area contributed by atoms with Gasteiger partial charge in [0.1, 0.15) is 0 Å². The zero-order valence-electron chi connectivity index (χ0n) is 8.68. The maximum atomic E-state index is 4.47. The molecule has 0 radical (unpaired) electrons. The second kappa shape index (κ2) is 2.61. The first-order valence-electron chi connectivity index (χ1n) is 4.41. The molecule has 1 aliphatic heterocycles. The molecule has 0 fully saturated rings. The number of hydrogen-bond donors (Lipinski definition) is 0. The van der Waals surface area contributed by atoms with Gasteiger partial charge in [0.15, 0.2) is 0 Å². The third-order valence-electron chi connectivity index (χ3n) is 2.65.